The highest BCUT2D eigenvalue weighted by atomic mass is 32.1. The van der Waals surface area contributed by atoms with Crippen molar-refractivity contribution >= 4 is 17.3 Å². The van der Waals surface area contributed by atoms with Gasteiger partial charge >= 0.3 is 6.18 Å². The van der Waals surface area contributed by atoms with Gasteiger partial charge in [-0.3, -0.25) is 4.99 Å². The van der Waals surface area contributed by atoms with Crippen LogP contribution in [0, 0.1) is 5.92 Å². The zero-order valence-corrected chi connectivity index (χ0v) is 15.8. The van der Waals surface area contributed by atoms with Crippen LogP contribution in [0.2, 0.25) is 0 Å². The lowest BCUT2D eigenvalue weighted by atomic mass is 10.1. The maximum atomic E-state index is 12.5. The van der Waals surface area contributed by atoms with Gasteiger partial charge in [0.2, 0.25) is 0 Å². The Labute approximate surface area is 151 Å². The van der Waals surface area contributed by atoms with Crippen molar-refractivity contribution in [1.82, 2.24) is 15.6 Å². The second-order valence-electron chi connectivity index (χ2n) is 5.86. The molecule has 0 atom stereocenters. The monoisotopic (exact) mass is 380 g/mol. The second kappa shape index (κ2) is 11.3. The van der Waals surface area contributed by atoms with Gasteiger partial charge in [0.1, 0.15) is 0 Å². The van der Waals surface area contributed by atoms with Gasteiger partial charge < -0.3 is 15.4 Å². The first-order chi connectivity index (χ1) is 11.8. The van der Waals surface area contributed by atoms with Gasteiger partial charge in [0.15, 0.2) is 11.7 Å². The third kappa shape index (κ3) is 9.64. The summed E-state index contributed by atoms with van der Waals surface area (Å²) in [5.41, 5.74) is -0.827. The lowest BCUT2D eigenvalue weighted by Crippen LogP contribution is -2.38. The molecule has 0 saturated carbocycles. The van der Waals surface area contributed by atoms with E-state index in [0.29, 0.717) is 49.5 Å². The fourth-order valence-electron chi connectivity index (χ4n) is 1.83. The average molecular weight is 380 g/mol. The van der Waals surface area contributed by atoms with Gasteiger partial charge in [-0.2, -0.15) is 13.2 Å². The predicted molar refractivity (Wildman–Crippen MR) is 95.1 cm³/mol. The molecule has 0 unspecified atom stereocenters. The van der Waals surface area contributed by atoms with Crippen LogP contribution in [0.4, 0.5) is 13.2 Å². The van der Waals surface area contributed by atoms with Gasteiger partial charge in [0.25, 0.3) is 0 Å². The lowest BCUT2D eigenvalue weighted by molar-refractivity contribution is -0.140. The first kappa shape index (κ1) is 21.7. The third-order valence-electron chi connectivity index (χ3n) is 3.16. The van der Waals surface area contributed by atoms with Crippen LogP contribution in [0.1, 0.15) is 37.9 Å². The summed E-state index contributed by atoms with van der Waals surface area (Å²) in [6.45, 7) is 9.22. The molecule has 0 aliphatic carbocycles. The fraction of sp³-hybridized carbons (Fsp3) is 0.750. The van der Waals surface area contributed by atoms with Crippen molar-refractivity contribution in [3.05, 3.63) is 16.1 Å². The Balaban J connectivity index is 2.32. The van der Waals surface area contributed by atoms with Crippen LogP contribution < -0.4 is 10.6 Å². The molecule has 0 radical (unpaired) electrons. The molecule has 25 heavy (non-hydrogen) atoms. The van der Waals surface area contributed by atoms with Crippen LogP contribution in [0.25, 0.3) is 0 Å². The summed E-state index contributed by atoms with van der Waals surface area (Å²) in [7, 11) is 0. The zero-order valence-electron chi connectivity index (χ0n) is 14.9. The molecule has 0 bridgehead atoms. The van der Waals surface area contributed by atoms with Crippen LogP contribution in [0.15, 0.2) is 10.4 Å². The minimum absolute atomic E-state index is 0.413. The highest BCUT2D eigenvalue weighted by Crippen LogP contribution is 2.29. The van der Waals surface area contributed by atoms with E-state index in [0.717, 1.165) is 29.7 Å². The Morgan fingerprint density at radius 3 is 2.68 bits per heavy atom. The van der Waals surface area contributed by atoms with Crippen molar-refractivity contribution in [3.63, 3.8) is 0 Å². The van der Waals surface area contributed by atoms with Crippen molar-refractivity contribution in [2.24, 2.45) is 10.9 Å². The first-order valence-electron chi connectivity index (χ1n) is 8.44. The van der Waals surface area contributed by atoms with E-state index >= 15 is 0 Å². The minimum Gasteiger partial charge on any atom is -0.380 e. The number of nitrogens with zero attached hydrogens (tertiary/aromatic N) is 2. The van der Waals surface area contributed by atoms with Gasteiger partial charge in [-0.05, 0) is 19.3 Å². The molecule has 9 heteroatoms. The van der Waals surface area contributed by atoms with E-state index in [4.69, 9.17) is 4.74 Å². The van der Waals surface area contributed by atoms with E-state index in [1.165, 1.54) is 0 Å². The van der Waals surface area contributed by atoms with Crippen LogP contribution in [0.3, 0.4) is 0 Å². The average Bonchev–Trinajstić information content (AvgIpc) is 2.99. The number of nitrogens with one attached hydrogen (secondary N) is 2. The number of hydrogen-bond acceptors (Lipinski definition) is 4. The SMILES string of the molecule is CCNC(=NCCOCCC(C)C)NCCc1nc(C(F)(F)F)cs1. The van der Waals surface area contributed by atoms with Gasteiger partial charge in [0.05, 0.1) is 18.2 Å². The number of thiazole rings is 1. The molecule has 2 N–H and O–H groups in total. The smallest absolute Gasteiger partial charge is 0.380 e. The van der Waals surface area contributed by atoms with Crippen molar-refractivity contribution in [3.8, 4) is 0 Å². The number of rotatable bonds is 10. The van der Waals surface area contributed by atoms with Crippen LogP contribution in [-0.2, 0) is 17.3 Å². The normalized spacial score (nSPS) is 12.7. The van der Waals surface area contributed by atoms with Gasteiger partial charge in [-0.1, -0.05) is 13.8 Å². The molecule has 0 spiro atoms. The first-order valence-corrected chi connectivity index (χ1v) is 9.32. The Bertz CT molecular complexity index is 518. The Morgan fingerprint density at radius 2 is 2.08 bits per heavy atom. The molecule has 0 aromatic carbocycles. The molecule has 1 aromatic heterocycles. The molecular formula is C16H27F3N4OS. The number of alkyl halides is 3. The van der Waals surface area contributed by atoms with E-state index in [1.807, 2.05) is 6.92 Å². The van der Waals surface area contributed by atoms with E-state index < -0.39 is 11.9 Å². The molecule has 0 fully saturated rings. The Kier molecular flexibility index (Phi) is 9.81. The number of hydrogen-bond donors (Lipinski definition) is 2. The summed E-state index contributed by atoms with van der Waals surface area (Å²) >= 11 is 1.02. The van der Waals surface area contributed by atoms with E-state index in [1.54, 1.807) is 0 Å². The minimum atomic E-state index is -4.38. The maximum absolute atomic E-state index is 12.5. The van der Waals surface area contributed by atoms with E-state index in [9.17, 15) is 13.2 Å². The standard InChI is InChI=1S/C16H27F3N4OS/c1-4-20-15(22-8-10-24-9-6-12(2)3)21-7-5-14-23-13(11-25-14)16(17,18)19/h11-12H,4-10H2,1-3H3,(H2,20,21,22). The summed E-state index contributed by atoms with van der Waals surface area (Å²) in [4.78, 5) is 7.99. The molecule has 0 amide bonds. The van der Waals surface area contributed by atoms with Crippen LogP contribution in [-0.4, -0.2) is 43.8 Å². The topological polar surface area (TPSA) is 58.5 Å². The largest absolute Gasteiger partial charge is 0.434 e. The molecule has 1 aromatic rings. The number of ether oxygens (including phenoxy) is 1. The predicted octanol–water partition coefficient (Wildman–Crippen LogP) is 3.32. The van der Waals surface area contributed by atoms with Crippen molar-refractivity contribution in [2.75, 3.05) is 32.8 Å². The fourth-order valence-corrected chi connectivity index (χ4v) is 2.63. The maximum Gasteiger partial charge on any atom is 0.434 e. The summed E-state index contributed by atoms with van der Waals surface area (Å²) in [6.07, 6.45) is -2.94. The van der Waals surface area contributed by atoms with Crippen molar-refractivity contribution < 1.29 is 17.9 Å². The lowest BCUT2D eigenvalue weighted by Gasteiger charge is -2.11. The van der Waals surface area contributed by atoms with E-state index in [2.05, 4.69) is 34.5 Å². The summed E-state index contributed by atoms with van der Waals surface area (Å²) in [5.74, 6) is 1.24. The third-order valence-corrected chi connectivity index (χ3v) is 4.07. The number of guanidine groups is 1. The van der Waals surface area contributed by atoms with Crippen LogP contribution >= 0.6 is 11.3 Å². The molecule has 5 nitrogen and oxygen atoms in total. The molecule has 0 aliphatic rings. The van der Waals surface area contributed by atoms with Crippen molar-refractivity contribution in [1.29, 1.82) is 0 Å². The van der Waals surface area contributed by atoms with Gasteiger partial charge in [0, 0.05) is 31.5 Å². The van der Waals surface area contributed by atoms with Gasteiger partial charge in [-0.25, -0.2) is 4.98 Å². The molecule has 1 heterocycles. The summed E-state index contributed by atoms with van der Waals surface area (Å²) in [5, 5.41) is 7.69. The second-order valence-corrected chi connectivity index (χ2v) is 6.80. The molecular weight excluding hydrogens is 353 g/mol. The van der Waals surface area contributed by atoms with Crippen molar-refractivity contribution in [2.45, 2.75) is 39.8 Å². The zero-order chi connectivity index (χ0) is 18.7. The Hall–Kier alpha value is -1.35. The van der Waals surface area contributed by atoms with Crippen LogP contribution in [0.5, 0.6) is 0 Å². The quantitative estimate of drug-likeness (QED) is 0.371. The Morgan fingerprint density at radius 1 is 1.32 bits per heavy atom. The molecule has 144 valence electrons. The molecule has 0 aliphatic heterocycles. The number of halogens is 3. The molecule has 0 saturated heterocycles. The summed E-state index contributed by atoms with van der Waals surface area (Å²) < 4.78 is 43.0. The number of aromatic nitrogens is 1. The highest BCUT2D eigenvalue weighted by molar-refractivity contribution is 7.09. The summed E-state index contributed by atoms with van der Waals surface area (Å²) in [6, 6.07) is 0. The highest BCUT2D eigenvalue weighted by Gasteiger charge is 2.33. The number of aliphatic imine (C=N–C) groups is 1. The van der Waals surface area contributed by atoms with Gasteiger partial charge in [-0.15, -0.1) is 11.3 Å². The molecule has 1 rings (SSSR count). The van der Waals surface area contributed by atoms with E-state index in [-0.39, 0.29) is 0 Å².